The van der Waals surface area contributed by atoms with Crippen molar-refractivity contribution >= 4 is 46.4 Å². The molecule has 0 unspecified atom stereocenters. The highest BCUT2D eigenvalue weighted by molar-refractivity contribution is 6.31. The van der Waals surface area contributed by atoms with Gasteiger partial charge in [0.1, 0.15) is 0 Å². The Morgan fingerprint density at radius 2 is 1.72 bits per heavy atom. The van der Waals surface area contributed by atoms with Crippen LogP contribution in [0.25, 0.3) is 40.3 Å². The second-order valence-electron chi connectivity index (χ2n) is 7.13. The third-order valence-corrected chi connectivity index (χ3v) is 5.55. The number of halogens is 1. The van der Waals surface area contributed by atoms with Gasteiger partial charge in [-0.15, -0.1) is 0 Å². The first-order chi connectivity index (χ1) is 14.2. The molecule has 0 bridgehead atoms. The van der Waals surface area contributed by atoms with Crippen LogP contribution in [0, 0.1) is 0 Å². The van der Waals surface area contributed by atoms with Crippen LogP contribution in [0.3, 0.4) is 0 Å². The summed E-state index contributed by atoms with van der Waals surface area (Å²) in [5.41, 5.74) is 6.75. The van der Waals surface area contributed by atoms with Crippen LogP contribution in [0.2, 0.25) is 5.02 Å². The number of aromatic nitrogens is 1. The van der Waals surface area contributed by atoms with Gasteiger partial charge in [0.2, 0.25) is 0 Å². The van der Waals surface area contributed by atoms with Crippen LogP contribution in [0.5, 0.6) is 0 Å². The monoisotopic (exact) mass is 394 g/mol. The number of fused-ring (bicyclic) bond motifs is 2. The van der Waals surface area contributed by atoms with Gasteiger partial charge in [-0.3, -0.25) is 0 Å². The number of para-hydroxylation sites is 1. The Kier molecular flexibility index (Phi) is 4.42. The summed E-state index contributed by atoms with van der Waals surface area (Å²) in [5, 5.41) is 7.11. The summed E-state index contributed by atoms with van der Waals surface area (Å²) < 4.78 is 0. The minimum atomic E-state index is 0.744. The topological polar surface area (TPSA) is 24.9 Å². The second kappa shape index (κ2) is 7.23. The number of pyridine rings is 1. The van der Waals surface area contributed by atoms with Gasteiger partial charge >= 0.3 is 0 Å². The fourth-order valence-corrected chi connectivity index (χ4v) is 4.10. The van der Waals surface area contributed by atoms with Crippen LogP contribution in [0.15, 0.2) is 78.9 Å². The van der Waals surface area contributed by atoms with Crippen LogP contribution in [-0.4, -0.2) is 11.5 Å². The lowest BCUT2D eigenvalue weighted by Crippen LogP contribution is -2.29. The lowest BCUT2D eigenvalue weighted by Gasteiger charge is -2.09. The summed E-state index contributed by atoms with van der Waals surface area (Å²) in [6.07, 6.45) is 4.29. The summed E-state index contributed by atoms with van der Waals surface area (Å²) in [4.78, 5) is 4.76. The lowest BCUT2D eigenvalue weighted by atomic mass is 9.98. The van der Waals surface area contributed by atoms with E-state index in [9.17, 15) is 0 Å². The molecule has 0 saturated heterocycles. The molecule has 1 N–H and O–H groups in total. The summed E-state index contributed by atoms with van der Waals surface area (Å²) in [7, 11) is 0. The van der Waals surface area contributed by atoms with Crippen molar-refractivity contribution in [3.8, 4) is 11.1 Å². The highest BCUT2D eigenvalue weighted by Gasteiger charge is 2.15. The summed E-state index contributed by atoms with van der Waals surface area (Å²) in [6, 6.07) is 24.6. The number of hydrogen-bond acceptors (Lipinski definition) is 2. The van der Waals surface area contributed by atoms with Crippen LogP contribution in [0.1, 0.15) is 5.56 Å². The Balaban J connectivity index is 1.78. The SMILES string of the molecule is C=c1nc2ccccc2c(-c2ccccc2)/c1=C/C=C1\CNc2ccc(Cl)cc21. The molecule has 0 aliphatic carbocycles. The zero-order valence-electron chi connectivity index (χ0n) is 15.8. The molecule has 0 amide bonds. The first-order valence-corrected chi connectivity index (χ1v) is 9.96. The molecule has 3 aromatic carbocycles. The molecule has 5 rings (SSSR count). The smallest absolute Gasteiger partial charge is 0.0715 e. The van der Waals surface area contributed by atoms with Gasteiger partial charge in [0.15, 0.2) is 0 Å². The van der Waals surface area contributed by atoms with Gasteiger partial charge in [-0.1, -0.05) is 78.9 Å². The quantitative estimate of drug-likeness (QED) is 0.502. The Bertz CT molecular complexity index is 1370. The van der Waals surface area contributed by atoms with E-state index in [1.54, 1.807) is 0 Å². The zero-order valence-corrected chi connectivity index (χ0v) is 16.6. The van der Waals surface area contributed by atoms with E-state index in [0.717, 1.165) is 55.4 Å². The van der Waals surface area contributed by atoms with E-state index in [1.807, 2.05) is 36.4 Å². The van der Waals surface area contributed by atoms with Crippen molar-refractivity contribution in [1.82, 2.24) is 4.98 Å². The van der Waals surface area contributed by atoms with E-state index < -0.39 is 0 Å². The molecule has 0 radical (unpaired) electrons. The number of anilines is 1. The van der Waals surface area contributed by atoms with Gasteiger partial charge < -0.3 is 5.32 Å². The number of benzene rings is 3. The summed E-state index contributed by atoms with van der Waals surface area (Å²) in [6.45, 7) is 5.03. The van der Waals surface area contributed by atoms with Crippen molar-refractivity contribution in [3.63, 3.8) is 0 Å². The van der Waals surface area contributed by atoms with E-state index in [4.69, 9.17) is 16.6 Å². The third kappa shape index (κ3) is 3.22. The highest BCUT2D eigenvalue weighted by Crippen LogP contribution is 2.32. The van der Waals surface area contributed by atoms with E-state index in [-0.39, 0.29) is 0 Å². The van der Waals surface area contributed by atoms with E-state index in [1.165, 1.54) is 5.57 Å². The van der Waals surface area contributed by atoms with Crippen LogP contribution in [0.4, 0.5) is 5.69 Å². The van der Waals surface area contributed by atoms with Gasteiger partial charge in [-0.2, -0.15) is 0 Å². The molecular formula is C26H19ClN2. The maximum Gasteiger partial charge on any atom is 0.0715 e. The molecule has 2 nitrogen and oxygen atoms in total. The zero-order chi connectivity index (χ0) is 19.8. The van der Waals surface area contributed by atoms with Crippen molar-refractivity contribution in [3.05, 3.63) is 100 Å². The van der Waals surface area contributed by atoms with E-state index >= 15 is 0 Å². The molecule has 3 heteroatoms. The van der Waals surface area contributed by atoms with Gasteiger partial charge in [0, 0.05) is 39.0 Å². The molecule has 1 aromatic heterocycles. The maximum atomic E-state index is 6.22. The summed E-state index contributed by atoms with van der Waals surface area (Å²) >= 11 is 6.22. The second-order valence-corrected chi connectivity index (χ2v) is 7.57. The molecule has 29 heavy (non-hydrogen) atoms. The largest absolute Gasteiger partial charge is 0.380 e. The van der Waals surface area contributed by atoms with Gasteiger partial charge in [0.25, 0.3) is 0 Å². The fraction of sp³-hybridized carbons (Fsp3) is 0.0385. The standard InChI is InChI=1S/C26H19ClN2/c1-17-21(13-11-19-16-28-24-14-12-20(27)15-23(19)24)26(18-7-3-2-4-8-18)22-9-5-6-10-25(22)29-17/h2-15,28H,1,16H2/b19-11+,21-13+. The number of allylic oxidation sites excluding steroid dienone is 1. The van der Waals surface area contributed by atoms with Crippen LogP contribution in [-0.2, 0) is 0 Å². The highest BCUT2D eigenvalue weighted by atomic mass is 35.5. The fourth-order valence-electron chi connectivity index (χ4n) is 3.93. The van der Waals surface area contributed by atoms with E-state index in [0.29, 0.717) is 0 Å². The van der Waals surface area contributed by atoms with Crippen molar-refractivity contribution in [2.45, 2.75) is 0 Å². The maximum absolute atomic E-state index is 6.22. The Morgan fingerprint density at radius 3 is 2.59 bits per heavy atom. The first-order valence-electron chi connectivity index (χ1n) is 9.58. The van der Waals surface area contributed by atoms with Gasteiger partial charge in [0.05, 0.1) is 10.9 Å². The Morgan fingerprint density at radius 1 is 0.931 bits per heavy atom. The number of rotatable bonds is 2. The minimum Gasteiger partial charge on any atom is -0.380 e. The van der Waals surface area contributed by atoms with Gasteiger partial charge in [-0.05, 0) is 35.4 Å². The molecule has 0 spiro atoms. The Labute approximate surface area is 174 Å². The summed E-state index contributed by atoms with van der Waals surface area (Å²) in [5.74, 6) is 0. The number of nitrogens with one attached hydrogen (secondary N) is 1. The number of hydrogen-bond donors (Lipinski definition) is 1. The van der Waals surface area contributed by atoms with E-state index in [2.05, 4.69) is 60.4 Å². The normalized spacial score (nSPS) is 14.9. The van der Waals surface area contributed by atoms with Crippen LogP contribution >= 0.6 is 11.6 Å². The Hall–Kier alpha value is -3.36. The number of nitrogens with zero attached hydrogens (tertiary/aromatic N) is 1. The predicted molar refractivity (Wildman–Crippen MR) is 124 cm³/mol. The molecule has 1 aliphatic heterocycles. The molecule has 2 heterocycles. The predicted octanol–water partition coefficient (Wildman–Crippen LogP) is 5.26. The molecule has 140 valence electrons. The van der Waals surface area contributed by atoms with Crippen LogP contribution < -0.4 is 15.9 Å². The third-order valence-electron chi connectivity index (χ3n) is 5.32. The van der Waals surface area contributed by atoms with Crippen molar-refractivity contribution in [1.29, 1.82) is 0 Å². The van der Waals surface area contributed by atoms with Gasteiger partial charge in [-0.25, -0.2) is 4.98 Å². The molecule has 0 saturated carbocycles. The molecule has 0 fully saturated rings. The average Bonchev–Trinajstić information content (AvgIpc) is 3.14. The molecule has 4 aromatic rings. The first kappa shape index (κ1) is 17.7. The minimum absolute atomic E-state index is 0.744. The lowest BCUT2D eigenvalue weighted by molar-refractivity contribution is 1.30. The molecule has 0 atom stereocenters. The molecule has 1 aliphatic rings. The molecular weight excluding hydrogens is 376 g/mol. The van der Waals surface area contributed by atoms with Crippen molar-refractivity contribution in [2.75, 3.05) is 11.9 Å². The average molecular weight is 395 g/mol. The van der Waals surface area contributed by atoms with Crippen molar-refractivity contribution in [2.24, 2.45) is 0 Å². The van der Waals surface area contributed by atoms with Crippen molar-refractivity contribution < 1.29 is 0 Å².